The average Bonchev–Trinajstić information content (AvgIpc) is 2.55. The van der Waals surface area contributed by atoms with Crippen LogP contribution in [0.25, 0.3) is 22.3 Å². The summed E-state index contributed by atoms with van der Waals surface area (Å²) in [5.74, 6) is 0. The molecule has 1 N–H and O–H groups in total. The first-order chi connectivity index (χ1) is 11.0. The molecule has 23 heavy (non-hydrogen) atoms. The Morgan fingerprint density at radius 2 is 1.35 bits per heavy atom. The van der Waals surface area contributed by atoms with Gasteiger partial charge in [0.25, 0.3) is 0 Å². The molecular weight excluding hydrogens is 304 g/mol. The highest BCUT2D eigenvalue weighted by molar-refractivity contribution is 6.30. The van der Waals surface area contributed by atoms with Gasteiger partial charge < -0.3 is 5.11 Å². The highest BCUT2D eigenvalue weighted by Gasteiger charge is 2.22. The molecule has 0 heterocycles. The minimum absolute atomic E-state index is 0.628. The van der Waals surface area contributed by atoms with Gasteiger partial charge in [0, 0.05) is 5.02 Å². The van der Waals surface area contributed by atoms with Crippen LogP contribution in [0.2, 0.25) is 5.02 Å². The third-order valence-electron chi connectivity index (χ3n) is 3.94. The zero-order chi connectivity index (χ0) is 16.4. The second kappa shape index (κ2) is 6.19. The lowest BCUT2D eigenvalue weighted by molar-refractivity contribution is 0.0792. The quantitative estimate of drug-likeness (QED) is 0.636. The summed E-state index contributed by atoms with van der Waals surface area (Å²) in [6.07, 6.45) is 0. The monoisotopic (exact) mass is 322 g/mol. The number of hydrogen-bond donors (Lipinski definition) is 1. The molecule has 3 aromatic rings. The fourth-order valence-electron chi connectivity index (χ4n) is 2.84. The van der Waals surface area contributed by atoms with Crippen molar-refractivity contribution in [2.24, 2.45) is 0 Å². The van der Waals surface area contributed by atoms with Gasteiger partial charge in [0.1, 0.15) is 0 Å². The Bertz CT molecular complexity index is 817. The van der Waals surface area contributed by atoms with Crippen molar-refractivity contribution in [2.75, 3.05) is 0 Å². The molecule has 0 unspecified atom stereocenters. The normalized spacial score (nSPS) is 11.5. The van der Waals surface area contributed by atoms with Crippen molar-refractivity contribution in [3.8, 4) is 22.3 Å². The third-order valence-corrected chi connectivity index (χ3v) is 4.18. The SMILES string of the molecule is CC(C)(O)c1cc(Cl)ccc1-c1ccccc1-c1ccccc1. The molecule has 3 aromatic carbocycles. The smallest absolute Gasteiger partial charge is 0.0847 e. The number of halogens is 1. The molecule has 1 nitrogen and oxygen atoms in total. The van der Waals surface area contributed by atoms with E-state index in [0.717, 1.165) is 27.8 Å². The second-order valence-corrected chi connectivity index (χ2v) is 6.60. The van der Waals surface area contributed by atoms with Gasteiger partial charge in [0.15, 0.2) is 0 Å². The Morgan fingerprint density at radius 1 is 0.739 bits per heavy atom. The van der Waals surface area contributed by atoms with Crippen LogP contribution in [-0.2, 0) is 5.60 Å². The van der Waals surface area contributed by atoms with Crippen LogP contribution in [0.4, 0.5) is 0 Å². The summed E-state index contributed by atoms with van der Waals surface area (Å²) >= 11 is 6.16. The van der Waals surface area contributed by atoms with E-state index in [-0.39, 0.29) is 0 Å². The maximum Gasteiger partial charge on any atom is 0.0847 e. The molecule has 3 rings (SSSR count). The van der Waals surface area contributed by atoms with E-state index in [4.69, 9.17) is 11.6 Å². The Morgan fingerprint density at radius 3 is 2.00 bits per heavy atom. The Balaban J connectivity index is 2.26. The van der Waals surface area contributed by atoms with Crippen molar-refractivity contribution in [3.63, 3.8) is 0 Å². The van der Waals surface area contributed by atoms with E-state index in [2.05, 4.69) is 24.3 Å². The summed E-state index contributed by atoms with van der Waals surface area (Å²) in [4.78, 5) is 0. The van der Waals surface area contributed by atoms with Gasteiger partial charge in [-0.3, -0.25) is 0 Å². The van der Waals surface area contributed by atoms with E-state index in [1.807, 2.05) is 48.5 Å². The largest absolute Gasteiger partial charge is 0.386 e. The summed E-state index contributed by atoms with van der Waals surface area (Å²) in [5, 5.41) is 11.2. The zero-order valence-corrected chi connectivity index (χ0v) is 14.0. The predicted octanol–water partition coefficient (Wildman–Crippen LogP) is 5.90. The van der Waals surface area contributed by atoms with Crippen molar-refractivity contribution in [1.82, 2.24) is 0 Å². The third kappa shape index (κ3) is 3.31. The van der Waals surface area contributed by atoms with Gasteiger partial charge in [-0.15, -0.1) is 0 Å². The van der Waals surface area contributed by atoms with Crippen molar-refractivity contribution in [1.29, 1.82) is 0 Å². The molecule has 0 aliphatic carbocycles. The van der Waals surface area contributed by atoms with Crippen LogP contribution >= 0.6 is 11.6 Å². The van der Waals surface area contributed by atoms with Gasteiger partial charge in [0.2, 0.25) is 0 Å². The first-order valence-electron chi connectivity index (χ1n) is 7.64. The van der Waals surface area contributed by atoms with E-state index < -0.39 is 5.60 Å². The van der Waals surface area contributed by atoms with Gasteiger partial charge in [-0.25, -0.2) is 0 Å². The maximum absolute atomic E-state index is 10.6. The van der Waals surface area contributed by atoms with Gasteiger partial charge in [-0.1, -0.05) is 72.3 Å². The van der Waals surface area contributed by atoms with Crippen molar-refractivity contribution >= 4 is 11.6 Å². The summed E-state index contributed by atoms with van der Waals surface area (Å²) in [5.41, 5.74) is 4.24. The Hall–Kier alpha value is -2.09. The van der Waals surface area contributed by atoms with Gasteiger partial charge >= 0.3 is 0 Å². The standard InChI is InChI=1S/C21H19ClO/c1-21(2,23)20-14-16(22)12-13-19(20)18-11-7-6-10-17(18)15-8-4-3-5-9-15/h3-14,23H,1-2H3. The van der Waals surface area contributed by atoms with Crippen LogP contribution in [0.1, 0.15) is 19.4 Å². The Labute approximate surface area is 142 Å². The van der Waals surface area contributed by atoms with Crippen molar-refractivity contribution in [3.05, 3.63) is 83.4 Å². The molecule has 0 saturated carbocycles. The van der Waals surface area contributed by atoms with E-state index in [1.165, 1.54) is 0 Å². The molecule has 0 aromatic heterocycles. The highest BCUT2D eigenvalue weighted by atomic mass is 35.5. The lowest BCUT2D eigenvalue weighted by atomic mass is 9.86. The maximum atomic E-state index is 10.6. The van der Waals surface area contributed by atoms with Gasteiger partial charge in [-0.05, 0) is 53.8 Å². The van der Waals surface area contributed by atoms with Crippen LogP contribution in [0.15, 0.2) is 72.8 Å². The molecule has 116 valence electrons. The Kier molecular flexibility index (Phi) is 4.25. The molecule has 0 aliphatic rings. The summed E-state index contributed by atoms with van der Waals surface area (Å²) in [7, 11) is 0. The minimum atomic E-state index is -0.968. The molecule has 0 bridgehead atoms. The van der Waals surface area contributed by atoms with Gasteiger partial charge in [0.05, 0.1) is 5.60 Å². The van der Waals surface area contributed by atoms with Crippen molar-refractivity contribution in [2.45, 2.75) is 19.4 Å². The molecule has 0 aliphatic heterocycles. The minimum Gasteiger partial charge on any atom is -0.386 e. The molecule has 2 heteroatoms. The summed E-state index contributed by atoms with van der Waals surface area (Å²) in [6, 6.07) is 24.2. The van der Waals surface area contributed by atoms with Crippen LogP contribution in [0.5, 0.6) is 0 Å². The lowest BCUT2D eigenvalue weighted by Gasteiger charge is -2.23. The predicted molar refractivity (Wildman–Crippen MR) is 97.6 cm³/mol. The number of hydrogen-bond acceptors (Lipinski definition) is 1. The highest BCUT2D eigenvalue weighted by Crippen LogP contribution is 2.38. The molecule has 0 spiro atoms. The fourth-order valence-corrected chi connectivity index (χ4v) is 3.02. The van der Waals surface area contributed by atoms with E-state index >= 15 is 0 Å². The average molecular weight is 323 g/mol. The number of benzene rings is 3. The molecular formula is C21H19ClO. The number of rotatable bonds is 3. The lowest BCUT2D eigenvalue weighted by Crippen LogP contribution is -2.17. The summed E-state index contributed by atoms with van der Waals surface area (Å²) in [6.45, 7) is 3.57. The van der Waals surface area contributed by atoms with Crippen LogP contribution in [-0.4, -0.2) is 5.11 Å². The molecule has 0 amide bonds. The molecule has 0 fully saturated rings. The van der Waals surface area contributed by atoms with E-state index in [0.29, 0.717) is 5.02 Å². The molecule has 0 radical (unpaired) electrons. The first kappa shape index (κ1) is 15.8. The van der Waals surface area contributed by atoms with Crippen LogP contribution in [0, 0.1) is 0 Å². The summed E-state index contributed by atoms with van der Waals surface area (Å²) < 4.78 is 0. The molecule has 0 atom stereocenters. The fraction of sp³-hybridized carbons (Fsp3) is 0.143. The van der Waals surface area contributed by atoms with E-state index in [9.17, 15) is 5.11 Å². The zero-order valence-electron chi connectivity index (χ0n) is 13.3. The second-order valence-electron chi connectivity index (χ2n) is 6.16. The number of aliphatic hydroxyl groups is 1. The van der Waals surface area contributed by atoms with Crippen LogP contribution in [0.3, 0.4) is 0 Å². The van der Waals surface area contributed by atoms with E-state index in [1.54, 1.807) is 13.8 Å². The van der Waals surface area contributed by atoms with Crippen LogP contribution < -0.4 is 0 Å². The van der Waals surface area contributed by atoms with Gasteiger partial charge in [-0.2, -0.15) is 0 Å². The first-order valence-corrected chi connectivity index (χ1v) is 8.02. The molecule has 0 saturated heterocycles. The topological polar surface area (TPSA) is 20.2 Å². The van der Waals surface area contributed by atoms with Crippen molar-refractivity contribution < 1.29 is 5.11 Å².